The van der Waals surface area contributed by atoms with Gasteiger partial charge in [-0.05, 0) is 18.6 Å². The van der Waals surface area contributed by atoms with E-state index >= 15 is 0 Å². The molecule has 0 aliphatic carbocycles. The lowest BCUT2D eigenvalue weighted by Gasteiger charge is -2.13. The Morgan fingerprint density at radius 1 is 0.920 bits per heavy atom. The first kappa shape index (κ1) is 18.1. The lowest BCUT2D eigenvalue weighted by atomic mass is 10.1. The minimum atomic E-state index is -1.18. The molecule has 1 aliphatic heterocycles. The quantitative estimate of drug-likeness (QED) is 0.537. The van der Waals surface area contributed by atoms with Crippen LogP contribution in [0.1, 0.15) is 33.6 Å². The summed E-state index contributed by atoms with van der Waals surface area (Å²) in [6.07, 6.45) is 0.285. The van der Waals surface area contributed by atoms with Crippen LogP contribution >= 0.6 is 0 Å². The van der Waals surface area contributed by atoms with E-state index in [4.69, 9.17) is 5.11 Å². The van der Waals surface area contributed by atoms with E-state index in [9.17, 15) is 24.0 Å². The van der Waals surface area contributed by atoms with Crippen LogP contribution in [0.5, 0.6) is 0 Å². The number of fused-ring (bicyclic) bond motifs is 1. The number of carbonyl (C=O) groups excluding carboxylic acids is 4. The van der Waals surface area contributed by atoms with Gasteiger partial charge >= 0.3 is 5.97 Å². The molecule has 0 unspecified atom stereocenters. The molecule has 0 saturated heterocycles. The van der Waals surface area contributed by atoms with Gasteiger partial charge in [0.1, 0.15) is 6.54 Å². The van der Waals surface area contributed by atoms with Crippen LogP contribution < -0.4 is 10.6 Å². The summed E-state index contributed by atoms with van der Waals surface area (Å²) in [6, 6.07) is 6.52. The van der Waals surface area contributed by atoms with Crippen LogP contribution in [0.3, 0.4) is 0 Å². The van der Waals surface area contributed by atoms with Crippen LogP contribution in [0, 0.1) is 0 Å². The topological polar surface area (TPSA) is 133 Å². The first-order chi connectivity index (χ1) is 11.9. The lowest BCUT2D eigenvalue weighted by molar-refractivity contribution is -0.137. The highest BCUT2D eigenvalue weighted by molar-refractivity contribution is 6.21. The van der Waals surface area contributed by atoms with Gasteiger partial charge < -0.3 is 15.7 Å². The minimum Gasteiger partial charge on any atom is -0.480 e. The smallest absolute Gasteiger partial charge is 0.322 e. The molecule has 0 saturated carbocycles. The Balaban J connectivity index is 1.72. The fourth-order valence-electron chi connectivity index (χ4n) is 2.34. The summed E-state index contributed by atoms with van der Waals surface area (Å²) in [4.78, 5) is 58.5. The van der Waals surface area contributed by atoms with Gasteiger partial charge in [-0.2, -0.15) is 0 Å². The number of carboxylic acid groups (broad SMARTS) is 1. The van der Waals surface area contributed by atoms with Crippen molar-refractivity contribution in [2.75, 3.05) is 19.6 Å². The molecular formula is C16H17N3O6. The molecule has 0 spiro atoms. The van der Waals surface area contributed by atoms with E-state index < -0.39 is 24.3 Å². The summed E-state index contributed by atoms with van der Waals surface area (Å²) in [7, 11) is 0. The Bertz CT molecular complexity index is 695. The second-order valence-corrected chi connectivity index (χ2v) is 5.36. The molecule has 132 valence electrons. The number of imide groups is 1. The number of rotatable bonds is 8. The minimum absolute atomic E-state index is 0.0274. The predicted molar refractivity (Wildman–Crippen MR) is 84.7 cm³/mol. The molecule has 1 heterocycles. The Kier molecular flexibility index (Phi) is 5.83. The number of hydrogen-bond donors (Lipinski definition) is 3. The number of aliphatic carboxylic acids is 1. The van der Waals surface area contributed by atoms with Gasteiger partial charge in [0.05, 0.1) is 17.7 Å². The number of carboxylic acids is 1. The summed E-state index contributed by atoms with van der Waals surface area (Å²) >= 11 is 0. The van der Waals surface area contributed by atoms with Crippen molar-refractivity contribution in [3.05, 3.63) is 35.4 Å². The zero-order valence-corrected chi connectivity index (χ0v) is 13.3. The second-order valence-electron chi connectivity index (χ2n) is 5.36. The maximum Gasteiger partial charge on any atom is 0.322 e. The summed E-state index contributed by atoms with van der Waals surface area (Å²) in [6.45, 7) is -0.751. The molecule has 25 heavy (non-hydrogen) atoms. The van der Waals surface area contributed by atoms with E-state index in [1.165, 1.54) is 0 Å². The van der Waals surface area contributed by atoms with Crippen LogP contribution in [0.15, 0.2) is 24.3 Å². The van der Waals surface area contributed by atoms with Crippen LogP contribution in [0.25, 0.3) is 0 Å². The van der Waals surface area contributed by atoms with Gasteiger partial charge in [-0.1, -0.05) is 12.1 Å². The summed E-state index contributed by atoms with van der Waals surface area (Å²) in [5.41, 5.74) is 0.708. The van der Waals surface area contributed by atoms with Gasteiger partial charge in [0.15, 0.2) is 0 Å². The number of amides is 4. The van der Waals surface area contributed by atoms with Crippen LogP contribution in [-0.4, -0.2) is 59.2 Å². The van der Waals surface area contributed by atoms with Crippen molar-refractivity contribution in [1.82, 2.24) is 15.5 Å². The lowest BCUT2D eigenvalue weighted by Crippen LogP contribution is -2.39. The molecule has 0 bridgehead atoms. The zero-order chi connectivity index (χ0) is 18.4. The molecule has 1 aromatic rings. The van der Waals surface area contributed by atoms with E-state index in [2.05, 4.69) is 10.6 Å². The van der Waals surface area contributed by atoms with E-state index in [-0.39, 0.29) is 37.7 Å². The monoisotopic (exact) mass is 347 g/mol. The molecule has 0 radical (unpaired) electrons. The van der Waals surface area contributed by atoms with Crippen molar-refractivity contribution < 1.29 is 29.1 Å². The van der Waals surface area contributed by atoms with E-state index in [0.29, 0.717) is 11.1 Å². The molecule has 0 fully saturated rings. The summed E-state index contributed by atoms with van der Waals surface area (Å²) < 4.78 is 0. The van der Waals surface area contributed by atoms with Gasteiger partial charge in [0.25, 0.3) is 11.8 Å². The number of nitrogens with zero attached hydrogens (tertiary/aromatic N) is 1. The Morgan fingerprint density at radius 3 is 2.04 bits per heavy atom. The number of carbonyl (C=O) groups is 5. The fourth-order valence-corrected chi connectivity index (χ4v) is 2.34. The van der Waals surface area contributed by atoms with Crippen LogP contribution in [0.4, 0.5) is 0 Å². The summed E-state index contributed by atoms with van der Waals surface area (Å²) in [5.74, 6) is -2.98. The van der Waals surface area contributed by atoms with Crippen molar-refractivity contribution >= 4 is 29.6 Å². The summed E-state index contributed by atoms with van der Waals surface area (Å²) in [5, 5.41) is 12.9. The highest BCUT2D eigenvalue weighted by Crippen LogP contribution is 2.22. The van der Waals surface area contributed by atoms with Crippen molar-refractivity contribution in [2.45, 2.75) is 12.8 Å². The average Bonchev–Trinajstić information content (AvgIpc) is 2.83. The Hall–Kier alpha value is -3.23. The molecule has 1 aromatic carbocycles. The zero-order valence-electron chi connectivity index (χ0n) is 13.3. The van der Waals surface area contributed by atoms with Crippen LogP contribution in [-0.2, 0) is 14.4 Å². The molecule has 0 atom stereocenters. The third-order valence-corrected chi connectivity index (χ3v) is 3.55. The van der Waals surface area contributed by atoms with Gasteiger partial charge in [-0.3, -0.25) is 28.9 Å². The number of hydrogen-bond acceptors (Lipinski definition) is 5. The molecule has 1 aliphatic rings. The first-order valence-corrected chi connectivity index (χ1v) is 7.60. The van der Waals surface area contributed by atoms with Gasteiger partial charge in [-0.25, -0.2) is 0 Å². The molecule has 4 amide bonds. The Morgan fingerprint density at radius 2 is 1.48 bits per heavy atom. The van der Waals surface area contributed by atoms with E-state index in [0.717, 1.165) is 4.90 Å². The second kappa shape index (κ2) is 8.04. The third-order valence-electron chi connectivity index (χ3n) is 3.55. The molecule has 3 N–H and O–H groups in total. The van der Waals surface area contributed by atoms with Crippen molar-refractivity contribution in [1.29, 1.82) is 0 Å². The molecule has 9 nitrogen and oxygen atoms in total. The van der Waals surface area contributed by atoms with Gasteiger partial charge in [0.2, 0.25) is 11.8 Å². The third kappa shape index (κ3) is 4.63. The maximum absolute atomic E-state index is 12.1. The molecule has 9 heteroatoms. The predicted octanol–water partition coefficient (Wildman–Crippen LogP) is -0.620. The Labute approximate surface area is 143 Å². The number of nitrogens with one attached hydrogen (secondary N) is 2. The van der Waals surface area contributed by atoms with E-state index in [1.807, 2.05) is 0 Å². The van der Waals surface area contributed by atoms with Crippen molar-refractivity contribution in [3.63, 3.8) is 0 Å². The highest BCUT2D eigenvalue weighted by Gasteiger charge is 2.34. The SMILES string of the molecule is O=C(O)CNC(=O)CNC(=O)CCCN1C(=O)c2ccccc2C1=O. The standard InChI is InChI=1S/C16H17N3O6/c20-12(17-8-13(21)18-9-14(22)23)6-3-7-19-15(24)10-4-1-2-5-11(10)16(19)25/h1-2,4-5H,3,6-9H2,(H,17,20)(H,18,21)(H,22,23). The maximum atomic E-state index is 12.1. The van der Waals surface area contributed by atoms with Crippen LogP contribution in [0.2, 0.25) is 0 Å². The van der Waals surface area contributed by atoms with Gasteiger partial charge in [0, 0.05) is 13.0 Å². The van der Waals surface area contributed by atoms with E-state index in [1.54, 1.807) is 24.3 Å². The fraction of sp³-hybridized carbons (Fsp3) is 0.312. The highest BCUT2D eigenvalue weighted by atomic mass is 16.4. The largest absolute Gasteiger partial charge is 0.480 e. The number of benzene rings is 1. The van der Waals surface area contributed by atoms with Crippen molar-refractivity contribution in [3.8, 4) is 0 Å². The van der Waals surface area contributed by atoms with Crippen molar-refractivity contribution in [2.24, 2.45) is 0 Å². The normalized spacial score (nSPS) is 12.7. The molecule has 0 aromatic heterocycles. The molecular weight excluding hydrogens is 330 g/mol. The molecule has 2 rings (SSSR count). The average molecular weight is 347 g/mol. The van der Waals surface area contributed by atoms with Gasteiger partial charge in [-0.15, -0.1) is 0 Å². The first-order valence-electron chi connectivity index (χ1n) is 7.60.